The molecule has 1 heterocycles. The highest BCUT2D eigenvalue weighted by Crippen LogP contribution is 2.35. The molecular weight excluding hydrogens is 336 g/mol. The number of carbonyl (C=O) groups is 3. The Hall–Kier alpha value is -1.71. The molecule has 25 heavy (non-hydrogen) atoms. The van der Waals surface area contributed by atoms with Crippen molar-refractivity contribution in [2.45, 2.75) is 57.7 Å². The van der Waals surface area contributed by atoms with E-state index >= 15 is 0 Å². The molecular formula is C16H26O9. The summed E-state index contributed by atoms with van der Waals surface area (Å²) in [5.41, 5.74) is 0. The summed E-state index contributed by atoms with van der Waals surface area (Å²) in [6, 6.07) is 0. The Morgan fingerprint density at radius 3 is 2.20 bits per heavy atom. The van der Waals surface area contributed by atoms with Gasteiger partial charge in [-0.25, -0.2) is 4.79 Å². The van der Waals surface area contributed by atoms with Crippen molar-refractivity contribution in [2.24, 2.45) is 0 Å². The van der Waals surface area contributed by atoms with E-state index in [2.05, 4.69) is 0 Å². The number of rotatable bonds is 8. The minimum absolute atomic E-state index is 0.121. The zero-order valence-electron chi connectivity index (χ0n) is 15.2. The Kier molecular flexibility index (Phi) is 8.27. The van der Waals surface area contributed by atoms with Crippen LogP contribution in [-0.4, -0.2) is 69.4 Å². The average molecular weight is 362 g/mol. The molecule has 1 rings (SSSR count). The van der Waals surface area contributed by atoms with E-state index in [1.165, 1.54) is 28.1 Å². The van der Waals surface area contributed by atoms with Crippen LogP contribution in [0.5, 0.6) is 0 Å². The van der Waals surface area contributed by atoms with Gasteiger partial charge in [-0.05, 0) is 6.92 Å². The minimum Gasteiger partial charge on any atom is -0.464 e. The SMILES string of the molecule is CCOC(=O)[C@H]1CC(OC)(OC)C[C@@H]([C@@H](COC(C)=O)OC(C)=O)O1. The Morgan fingerprint density at radius 1 is 1.08 bits per heavy atom. The summed E-state index contributed by atoms with van der Waals surface area (Å²) in [7, 11) is 2.89. The third kappa shape index (κ3) is 6.26. The van der Waals surface area contributed by atoms with Crippen LogP contribution in [0.1, 0.15) is 33.6 Å². The maximum absolute atomic E-state index is 12.1. The van der Waals surface area contributed by atoms with Gasteiger partial charge in [-0.15, -0.1) is 0 Å². The summed E-state index contributed by atoms with van der Waals surface area (Å²) in [6.45, 7) is 4.13. The van der Waals surface area contributed by atoms with Crippen LogP contribution in [0.4, 0.5) is 0 Å². The summed E-state index contributed by atoms with van der Waals surface area (Å²) in [5.74, 6) is -2.78. The zero-order valence-corrected chi connectivity index (χ0v) is 15.2. The van der Waals surface area contributed by atoms with E-state index in [-0.39, 0.29) is 26.1 Å². The average Bonchev–Trinajstić information content (AvgIpc) is 2.57. The van der Waals surface area contributed by atoms with Gasteiger partial charge in [0.2, 0.25) is 0 Å². The minimum atomic E-state index is -1.12. The molecule has 1 saturated heterocycles. The van der Waals surface area contributed by atoms with Crippen molar-refractivity contribution in [3.8, 4) is 0 Å². The van der Waals surface area contributed by atoms with Gasteiger partial charge >= 0.3 is 17.9 Å². The van der Waals surface area contributed by atoms with Gasteiger partial charge in [0.25, 0.3) is 0 Å². The number of esters is 3. The molecule has 0 amide bonds. The fourth-order valence-corrected chi connectivity index (χ4v) is 2.62. The first-order chi connectivity index (χ1) is 11.8. The fraction of sp³-hybridized carbons (Fsp3) is 0.812. The van der Waals surface area contributed by atoms with E-state index < -0.39 is 42.0 Å². The highest BCUT2D eigenvalue weighted by molar-refractivity contribution is 5.75. The van der Waals surface area contributed by atoms with Crippen molar-refractivity contribution in [3.63, 3.8) is 0 Å². The summed E-state index contributed by atoms with van der Waals surface area (Å²) in [5, 5.41) is 0. The van der Waals surface area contributed by atoms with Gasteiger partial charge in [0.05, 0.1) is 6.61 Å². The first kappa shape index (κ1) is 21.3. The quantitative estimate of drug-likeness (QED) is 0.348. The Labute approximate surface area is 146 Å². The van der Waals surface area contributed by atoms with Crippen molar-refractivity contribution in [1.82, 2.24) is 0 Å². The van der Waals surface area contributed by atoms with Crippen LogP contribution in [0.3, 0.4) is 0 Å². The van der Waals surface area contributed by atoms with Crippen molar-refractivity contribution in [2.75, 3.05) is 27.4 Å². The van der Waals surface area contributed by atoms with E-state index in [1.807, 2.05) is 0 Å². The van der Waals surface area contributed by atoms with Gasteiger partial charge in [-0.1, -0.05) is 0 Å². The molecule has 0 aromatic rings. The second-order valence-corrected chi connectivity index (χ2v) is 5.59. The van der Waals surface area contributed by atoms with Crippen LogP contribution in [0.25, 0.3) is 0 Å². The lowest BCUT2D eigenvalue weighted by atomic mass is 9.94. The molecule has 3 atom stereocenters. The molecule has 144 valence electrons. The van der Waals surface area contributed by atoms with Gasteiger partial charge in [0.1, 0.15) is 12.7 Å². The predicted octanol–water partition coefficient (Wildman–Crippen LogP) is 0.581. The van der Waals surface area contributed by atoms with Crippen LogP contribution in [0, 0.1) is 0 Å². The first-order valence-corrected chi connectivity index (χ1v) is 7.99. The molecule has 0 aromatic carbocycles. The summed E-state index contributed by atoms with van der Waals surface area (Å²) < 4.78 is 31.8. The predicted molar refractivity (Wildman–Crippen MR) is 83.5 cm³/mol. The lowest BCUT2D eigenvalue weighted by Gasteiger charge is -2.43. The Balaban J connectivity index is 3.02. The number of hydrogen-bond acceptors (Lipinski definition) is 9. The molecule has 0 aromatic heterocycles. The van der Waals surface area contributed by atoms with Crippen LogP contribution < -0.4 is 0 Å². The second-order valence-electron chi connectivity index (χ2n) is 5.59. The highest BCUT2D eigenvalue weighted by Gasteiger charge is 2.48. The fourth-order valence-electron chi connectivity index (χ4n) is 2.62. The highest BCUT2D eigenvalue weighted by atomic mass is 16.7. The molecule has 9 nitrogen and oxygen atoms in total. The van der Waals surface area contributed by atoms with Crippen molar-refractivity contribution in [3.05, 3.63) is 0 Å². The molecule has 0 bridgehead atoms. The zero-order chi connectivity index (χ0) is 19.0. The lowest BCUT2D eigenvalue weighted by Crippen LogP contribution is -2.55. The van der Waals surface area contributed by atoms with Gasteiger partial charge in [0.15, 0.2) is 18.0 Å². The standard InChI is InChI=1S/C16H26O9/c1-6-22-15(19)13-8-16(20-4,21-5)7-12(25-13)14(24-11(3)18)9-23-10(2)17/h12-14H,6-9H2,1-5H3/t12-,13+,14+/m0/s1. The van der Waals surface area contributed by atoms with E-state index in [0.29, 0.717) is 0 Å². The molecule has 0 saturated carbocycles. The van der Waals surface area contributed by atoms with Crippen LogP contribution in [-0.2, 0) is 42.8 Å². The van der Waals surface area contributed by atoms with Crippen LogP contribution in [0.15, 0.2) is 0 Å². The van der Waals surface area contributed by atoms with Crippen LogP contribution in [0.2, 0.25) is 0 Å². The molecule has 0 radical (unpaired) electrons. The topological polar surface area (TPSA) is 107 Å². The monoisotopic (exact) mass is 362 g/mol. The van der Waals surface area contributed by atoms with E-state index in [1.54, 1.807) is 6.92 Å². The van der Waals surface area contributed by atoms with Gasteiger partial charge in [-0.3, -0.25) is 9.59 Å². The smallest absolute Gasteiger partial charge is 0.335 e. The molecule has 0 N–H and O–H groups in total. The largest absolute Gasteiger partial charge is 0.464 e. The van der Waals surface area contributed by atoms with Gasteiger partial charge in [-0.2, -0.15) is 0 Å². The van der Waals surface area contributed by atoms with Crippen molar-refractivity contribution < 1.29 is 42.8 Å². The van der Waals surface area contributed by atoms with Gasteiger partial charge < -0.3 is 28.4 Å². The molecule has 1 aliphatic heterocycles. The molecule has 1 aliphatic rings. The summed E-state index contributed by atoms with van der Waals surface area (Å²) >= 11 is 0. The number of ether oxygens (including phenoxy) is 6. The Bertz CT molecular complexity index is 472. The second kappa shape index (κ2) is 9.69. The molecule has 1 fully saturated rings. The molecule has 0 spiro atoms. The number of carbonyl (C=O) groups excluding carboxylic acids is 3. The molecule has 0 aliphatic carbocycles. The summed E-state index contributed by atoms with van der Waals surface area (Å²) in [4.78, 5) is 34.6. The molecule has 0 unspecified atom stereocenters. The van der Waals surface area contributed by atoms with Gasteiger partial charge in [0, 0.05) is 40.9 Å². The van der Waals surface area contributed by atoms with E-state index in [0.717, 1.165) is 0 Å². The summed E-state index contributed by atoms with van der Waals surface area (Å²) in [6.07, 6.45) is -2.37. The van der Waals surface area contributed by atoms with Crippen LogP contribution >= 0.6 is 0 Å². The van der Waals surface area contributed by atoms with Crippen molar-refractivity contribution >= 4 is 17.9 Å². The van der Waals surface area contributed by atoms with E-state index in [9.17, 15) is 14.4 Å². The maximum Gasteiger partial charge on any atom is 0.335 e. The maximum atomic E-state index is 12.1. The third-order valence-electron chi connectivity index (χ3n) is 3.82. The number of hydrogen-bond donors (Lipinski definition) is 0. The first-order valence-electron chi connectivity index (χ1n) is 7.99. The van der Waals surface area contributed by atoms with E-state index in [4.69, 9.17) is 28.4 Å². The normalized spacial score (nSPS) is 23.4. The number of methoxy groups -OCH3 is 2. The van der Waals surface area contributed by atoms with Crippen molar-refractivity contribution in [1.29, 1.82) is 0 Å². The Morgan fingerprint density at radius 2 is 1.72 bits per heavy atom. The third-order valence-corrected chi connectivity index (χ3v) is 3.82. The molecule has 9 heteroatoms. The lowest BCUT2D eigenvalue weighted by molar-refractivity contribution is -0.284.